The van der Waals surface area contributed by atoms with Crippen molar-refractivity contribution in [2.45, 2.75) is 36.1 Å². The lowest BCUT2D eigenvalue weighted by Crippen LogP contribution is -2.47. The van der Waals surface area contributed by atoms with Gasteiger partial charge in [0.15, 0.2) is 6.04 Å². The highest BCUT2D eigenvalue weighted by molar-refractivity contribution is 8.01. The summed E-state index contributed by atoms with van der Waals surface area (Å²) >= 11 is 1.35. The minimum Gasteiger partial charge on any atom is -0.480 e. The molecule has 0 aromatic carbocycles. The van der Waals surface area contributed by atoms with E-state index < -0.39 is 34.1 Å². The molecule has 6 nitrogen and oxygen atoms in total. The smallest absolute Gasteiger partial charge is 0.331 e. The summed E-state index contributed by atoms with van der Waals surface area (Å²) in [4.78, 5) is 27.5. The predicted octanol–water partition coefficient (Wildman–Crippen LogP) is 0.0882. The molecule has 1 saturated heterocycles. The molecule has 2 heterocycles. The molecule has 2 N–H and O–H groups in total. The van der Waals surface area contributed by atoms with Crippen LogP contribution in [-0.2, 0) is 9.59 Å². The molecule has 2 aliphatic heterocycles. The molecule has 3 unspecified atom stereocenters. The minimum atomic E-state index is -1.02. The molecule has 0 radical (unpaired) electrons. The van der Waals surface area contributed by atoms with Crippen LogP contribution >= 0.6 is 11.8 Å². The Kier molecular flexibility index (Phi) is 2.37. The first-order chi connectivity index (χ1) is 7.34. The average molecular weight is 244 g/mol. The van der Waals surface area contributed by atoms with E-state index in [0.717, 1.165) is 0 Å². The van der Waals surface area contributed by atoms with Crippen molar-refractivity contribution in [3.05, 3.63) is 0 Å². The molecule has 2 rings (SSSR count). The van der Waals surface area contributed by atoms with E-state index in [1.165, 1.54) is 23.0 Å². The van der Waals surface area contributed by atoms with Crippen molar-refractivity contribution in [2.75, 3.05) is 0 Å². The third-order valence-electron chi connectivity index (χ3n) is 2.79. The van der Waals surface area contributed by atoms with Crippen LogP contribution in [0.15, 0.2) is 4.99 Å². The van der Waals surface area contributed by atoms with Crippen molar-refractivity contribution >= 4 is 30.0 Å². The second kappa shape index (κ2) is 3.38. The second-order valence-corrected chi connectivity index (χ2v) is 6.12. The molecule has 0 aromatic heterocycles. The van der Waals surface area contributed by atoms with Crippen LogP contribution in [0.3, 0.4) is 0 Å². The van der Waals surface area contributed by atoms with Crippen LogP contribution in [0.4, 0.5) is 0 Å². The van der Waals surface area contributed by atoms with Crippen LogP contribution < -0.4 is 0 Å². The van der Waals surface area contributed by atoms with Crippen molar-refractivity contribution in [2.24, 2.45) is 4.99 Å². The quantitative estimate of drug-likeness (QED) is 0.715. The first-order valence-corrected chi connectivity index (χ1v) is 5.67. The third-order valence-corrected chi connectivity index (χ3v) is 4.37. The molecule has 0 bridgehead atoms. The number of hydrogen-bond donors (Lipinski definition) is 2. The summed E-state index contributed by atoms with van der Waals surface area (Å²) in [6.45, 7) is 3.61. The van der Waals surface area contributed by atoms with Crippen LogP contribution in [0, 0.1) is 0 Å². The molecule has 0 aliphatic carbocycles. The molecule has 7 heteroatoms. The Bertz CT molecular complexity index is 382. The number of hydrogen-bond acceptors (Lipinski definition) is 5. The monoisotopic (exact) mass is 244 g/mol. The van der Waals surface area contributed by atoms with E-state index in [2.05, 4.69) is 4.99 Å². The van der Waals surface area contributed by atoms with Crippen molar-refractivity contribution in [3.8, 4) is 0 Å². The fraction of sp³-hybridized carbons (Fsp3) is 0.667. The van der Waals surface area contributed by atoms with Gasteiger partial charge in [-0.25, -0.2) is 9.59 Å². The molecule has 0 amide bonds. The van der Waals surface area contributed by atoms with Gasteiger partial charge in [-0.2, -0.15) is 0 Å². The van der Waals surface area contributed by atoms with E-state index in [0.29, 0.717) is 0 Å². The van der Waals surface area contributed by atoms with Crippen LogP contribution in [0.1, 0.15) is 13.8 Å². The Hall–Kier alpha value is -1.24. The molecule has 3 atom stereocenters. The zero-order valence-electron chi connectivity index (χ0n) is 8.82. The Labute approximate surface area is 96.3 Å². The Morgan fingerprint density at radius 3 is 2.50 bits per heavy atom. The molecule has 16 heavy (non-hydrogen) atoms. The highest BCUT2D eigenvalue weighted by Crippen LogP contribution is 2.47. The number of aliphatic imine (C=N–C) groups is 1. The second-order valence-electron chi connectivity index (χ2n) is 4.35. The normalized spacial score (nSPS) is 35.1. The van der Waals surface area contributed by atoms with E-state index >= 15 is 0 Å². The molecule has 0 saturated carbocycles. The zero-order valence-corrected chi connectivity index (χ0v) is 9.64. The highest BCUT2D eigenvalue weighted by atomic mass is 32.2. The first kappa shape index (κ1) is 11.3. The zero-order chi connectivity index (χ0) is 12.1. The van der Waals surface area contributed by atoms with Gasteiger partial charge in [-0.05, 0) is 13.8 Å². The average Bonchev–Trinajstić information content (AvgIpc) is 2.56. The topological polar surface area (TPSA) is 90.2 Å². The van der Waals surface area contributed by atoms with Crippen LogP contribution in [0.5, 0.6) is 0 Å². The molecule has 0 aromatic rings. The number of fused-ring (bicyclic) bond motifs is 1. The van der Waals surface area contributed by atoms with Gasteiger partial charge in [0.05, 0.1) is 6.34 Å². The number of carboxylic acid groups (broad SMARTS) is 2. The maximum Gasteiger partial charge on any atom is 0.331 e. The van der Waals surface area contributed by atoms with E-state index in [1.807, 2.05) is 13.8 Å². The van der Waals surface area contributed by atoms with Crippen molar-refractivity contribution in [1.82, 2.24) is 4.90 Å². The first-order valence-electron chi connectivity index (χ1n) is 4.79. The van der Waals surface area contributed by atoms with Crippen LogP contribution in [0.2, 0.25) is 0 Å². The Morgan fingerprint density at radius 2 is 2.00 bits per heavy atom. The summed E-state index contributed by atoms with van der Waals surface area (Å²) in [5.41, 5.74) is 0. The van der Waals surface area contributed by atoms with Gasteiger partial charge in [-0.15, -0.1) is 11.8 Å². The van der Waals surface area contributed by atoms with Gasteiger partial charge in [-0.1, -0.05) is 0 Å². The summed E-state index contributed by atoms with van der Waals surface area (Å²) in [5, 5.41) is 17.7. The van der Waals surface area contributed by atoms with Crippen LogP contribution in [-0.4, -0.2) is 55.6 Å². The largest absolute Gasteiger partial charge is 0.480 e. The molecule has 1 fully saturated rings. The maximum atomic E-state index is 11.2. The standard InChI is InChI=1S/C9H12N2O4S/c1-9(2)5(8(14)15)11-3-10-4(7(12)13)6(11)16-9/h3-6H,1-2H3,(H,12,13)(H,14,15). The van der Waals surface area contributed by atoms with Gasteiger partial charge in [-0.3, -0.25) is 4.99 Å². The summed E-state index contributed by atoms with van der Waals surface area (Å²) in [6.07, 6.45) is 1.35. The van der Waals surface area contributed by atoms with Gasteiger partial charge in [0.1, 0.15) is 11.4 Å². The fourth-order valence-corrected chi connectivity index (χ4v) is 3.72. The van der Waals surface area contributed by atoms with E-state index in [1.54, 1.807) is 0 Å². The molecule has 88 valence electrons. The molecular formula is C9H12N2O4S. The maximum absolute atomic E-state index is 11.2. The number of carboxylic acids is 2. The SMILES string of the molecule is CC1(C)SC2C(C(=O)O)N=CN2C1C(=O)O. The van der Waals surface area contributed by atoms with Gasteiger partial charge in [0.2, 0.25) is 0 Å². The molecule has 2 aliphatic rings. The number of nitrogens with zero attached hydrogens (tertiary/aromatic N) is 2. The van der Waals surface area contributed by atoms with Gasteiger partial charge < -0.3 is 15.1 Å². The number of carbonyl (C=O) groups is 2. The summed E-state index contributed by atoms with van der Waals surface area (Å²) in [5.74, 6) is -1.96. The molecular weight excluding hydrogens is 232 g/mol. The Morgan fingerprint density at radius 1 is 1.38 bits per heavy atom. The van der Waals surface area contributed by atoms with E-state index in [4.69, 9.17) is 10.2 Å². The van der Waals surface area contributed by atoms with Crippen molar-refractivity contribution in [1.29, 1.82) is 0 Å². The summed E-state index contributed by atoms with van der Waals surface area (Å²) < 4.78 is -0.517. The number of thioether (sulfide) groups is 1. The van der Waals surface area contributed by atoms with E-state index in [9.17, 15) is 9.59 Å². The number of aliphatic carboxylic acids is 2. The van der Waals surface area contributed by atoms with Crippen molar-refractivity contribution < 1.29 is 19.8 Å². The lowest BCUT2D eigenvalue weighted by atomic mass is 10.0. The summed E-state index contributed by atoms with van der Waals surface area (Å²) in [7, 11) is 0. The molecule has 0 spiro atoms. The van der Waals surface area contributed by atoms with Gasteiger partial charge in [0, 0.05) is 4.75 Å². The minimum absolute atomic E-state index is 0.409. The number of rotatable bonds is 2. The third kappa shape index (κ3) is 1.46. The summed E-state index contributed by atoms with van der Waals surface area (Å²) in [6, 6.07) is -1.59. The lowest BCUT2D eigenvalue weighted by molar-refractivity contribution is -0.143. The predicted molar refractivity (Wildman–Crippen MR) is 58.6 cm³/mol. The van der Waals surface area contributed by atoms with Gasteiger partial charge in [0.25, 0.3) is 0 Å². The van der Waals surface area contributed by atoms with Gasteiger partial charge >= 0.3 is 11.9 Å². The van der Waals surface area contributed by atoms with Crippen molar-refractivity contribution in [3.63, 3.8) is 0 Å². The fourth-order valence-electron chi connectivity index (χ4n) is 2.14. The lowest BCUT2D eigenvalue weighted by Gasteiger charge is -2.25. The van der Waals surface area contributed by atoms with E-state index in [-0.39, 0.29) is 0 Å². The van der Waals surface area contributed by atoms with Crippen LogP contribution in [0.25, 0.3) is 0 Å². The Balaban J connectivity index is 2.31. The highest BCUT2D eigenvalue weighted by Gasteiger charge is 2.56.